The van der Waals surface area contributed by atoms with Crippen LogP contribution >= 0.6 is 23.4 Å². The first-order chi connectivity index (χ1) is 15.1. The predicted octanol–water partition coefficient (Wildman–Crippen LogP) is 5.25. The number of piperidine rings is 2. The van der Waals surface area contributed by atoms with Crippen LogP contribution in [-0.4, -0.2) is 48.3 Å². The molecule has 0 saturated carbocycles. The van der Waals surface area contributed by atoms with Crippen molar-refractivity contribution >= 4 is 35.0 Å². The summed E-state index contributed by atoms with van der Waals surface area (Å²) >= 11 is 8.08. The van der Waals surface area contributed by atoms with Gasteiger partial charge < -0.3 is 14.9 Å². The number of halogens is 1. The average molecular weight is 459 g/mol. The summed E-state index contributed by atoms with van der Waals surface area (Å²) in [5.74, 6) is 1.22. The normalized spacial score (nSPS) is 19.5. The van der Waals surface area contributed by atoms with Gasteiger partial charge in [-0.05, 0) is 67.5 Å². The second-order valence-electron chi connectivity index (χ2n) is 8.62. The zero-order valence-electron chi connectivity index (χ0n) is 18.0. The van der Waals surface area contributed by atoms with E-state index in [2.05, 4.69) is 23.1 Å². The van der Waals surface area contributed by atoms with Crippen molar-refractivity contribution in [2.75, 3.05) is 37.3 Å². The zero-order valence-corrected chi connectivity index (χ0v) is 19.6. The Hall–Kier alpha value is -1.69. The summed E-state index contributed by atoms with van der Waals surface area (Å²) in [7, 11) is 0. The van der Waals surface area contributed by atoms with Crippen LogP contribution in [0.15, 0.2) is 53.4 Å². The Kier molecular flexibility index (Phi) is 7.47. The quantitative estimate of drug-likeness (QED) is 0.621. The molecule has 0 radical (unpaired) electrons. The highest BCUT2D eigenvalue weighted by Gasteiger charge is 2.32. The molecule has 2 aliphatic heterocycles. The number of amides is 1. The van der Waals surface area contributed by atoms with Crippen molar-refractivity contribution in [3.05, 3.63) is 59.1 Å². The summed E-state index contributed by atoms with van der Waals surface area (Å²) in [6, 6.07) is 15.6. The molecule has 4 nitrogen and oxygen atoms in total. The van der Waals surface area contributed by atoms with Gasteiger partial charge in [-0.25, -0.2) is 0 Å². The monoisotopic (exact) mass is 458 g/mol. The van der Waals surface area contributed by atoms with Gasteiger partial charge in [0.2, 0.25) is 0 Å². The Morgan fingerprint density at radius 1 is 1.00 bits per heavy atom. The lowest BCUT2D eigenvalue weighted by atomic mass is 9.78. The predicted molar refractivity (Wildman–Crippen MR) is 129 cm³/mol. The van der Waals surface area contributed by atoms with Crippen molar-refractivity contribution in [2.24, 2.45) is 11.8 Å². The third kappa shape index (κ3) is 5.21. The Labute approximate surface area is 194 Å². The SMILES string of the molecule is CSc1ccc(N2CCC(C3CCN(C(=O)C(O)c4ccccc4)CC3)CC2)cc1Cl. The molecule has 2 aromatic carbocycles. The second kappa shape index (κ2) is 10.3. The molecule has 1 atom stereocenters. The number of thioether (sulfide) groups is 1. The lowest BCUT2D eigenvalue weighted by molar-refractivity contribution is -0.142. The van der Waals surface area contributed by atoms with E-state index in [1.54, 1.807) is 11.8 Å². The molecule has 1 unspecified atom stereocenters. The smallest absolute Gasteiger partial charge is 0.256 e. The molecular formula is C25H31ClN2O2S. The van der Waals surface area contributed by atoms with E-state index in [1.165, 1.54) is 18.5 Å². The minimum absolute atomic E-state index is 0.162. The van der Waals surface area contributed by atoms with E-state index >= 15 is 0 Å². The fourth-order valence-electron chi connectivity index (χ4n) is 5.02. The summed E-state index contributed by atoms with van der Waals surface area (Å²) in [5.41, 5.74) is 1.89. The topological polar surface area (TPSA) is 43.8 Å². The first-order valence-electron chi connectivity index (χ1n) is 11.2. The van der Waals surface area contributed by atoms with Crippen molar-refractivity contribution in [1.29, 1.82) is 0 Å². The maximum Gasteiger partial charge on any atom is 0.256 e. The Morgan fingerprint density at radius 2 is 1.61 bits per heavy atom. The molecule has 1 N–H and O–H groups in total. The zero-order chi connectivity index (χ0) is 21.8. The Bertz CT molecular complexity index is 878. The number of nitrogens with zero attached hydrogens (tertiary/aromatic N) is 2. The fraction of sp³-hybridized carbons (Fsp3) is 0.480. The van der Waals surface area contributed by atoms with E-state index < -0.39 is 6.10 Å². The van der Waals surface area contributed by atoms with Gasteiger partial charge in [-0.15, -0.1) is 11.8 Å². The van der Waals surface area contributed by atoms with Gasteiger partial charge in [0.1, 0.15) is 0 Å². The molecule has 0 aromatic heterocycles. The minimum atomic E-state index is -1.05. The number of carbonyl (C=O) groups excluding carboxylic acids is 1. The first kappa shape index (κ1) is 22.5. The van der Waals surface area contributed by atoms with Gasteiger partial charge in [0.15, 0.2) is 6.10 Å². The molecule has 2 aromatic rings. The number of anilines is 1. The average Bonchev–Trinajstić information content (AvgIpc) is 2.84. The molecule has 0 aliphatic carbocycles. The van der Waals surface area contributed by atoms with Crippen molar-refractivity contribution in [1.82, 2.24) is 4.90 Å². The minimum Gasteiger partial charge on any atom is -0.378 e. The molecule has 2 saturated heterocycles. The van der Waals surface area contributed by atoms with Crippen molar-refractivity contribution < 1.29 is 9.90 Å². The van der Waals surface area contributed by atoms with Crippen molar-refractivity contribution in [3.63, 3.8) is 0 Å². The highest BCUT2D eigenvalue weighted by Crippen LogP contribution is 2.36. The van der Waals surface area contributed by atoms with E-state index in [9.17, 15) is 9.90 Å². The number of likely N-dealkylation sites (tertiary alicyclic amines) is 1. The van der Waals surface area contributed by atoms with E-state index in [1.807, 2.05) is 41.5 Å². The van der Waals surface area contributed by atoms with Crippen molar-refractivity contribution in [2.45, 2.75) is 36.7 Å². The van der Waals surface area contributed by atoms with Crippen LogP contribution in [0, 0.1) is 11.8 Å². The lowest BCUT2D eigenvalue weighted by Gasteiger charge is -2.41. The van der Waals surface area contributed by atoms with Crippen LogP contribution < -0.4 is 4.90 Å². The number of benzene rings is 2. The number of rotatable bonds is 5. The summed E-state index contributed by atoms with van der Waals surface area (Å²) in [5, 5.41) is 11.3. The first-order valence-corrected chi connectivity index (χ1v) is 12.8. The molecule has 0 spiro atoms. The molecule has 2 fully saturated rings. The standard InChI is InChI=1S/C25H31ClN2O2S/c1-31-23-8-7-21(17-22(23)26)27-13-9-18(10-14-27)19-11-15-28(16-12-19)25(30)24(29)20-5-3-2-4-6-20/h2-8,17-19,24,29H,9-16H2,1H3. The molecule has 0 bridgehead atoms. The van der Waals surface area contributed by atoms with Crippen LogP contribution in [0.1, 0.15) is 37.4 Å². The molecule has 166 valence electrons. The van der Waals surface area contributed by atoms with Gasteiger partial charge in [-0.2, -0.15) is 0 Å². The number of hydrogen-bond acceptors (Lipinski definition) is 4. The van der Waals surface area contributed by atoms with Crippen LogP contribution in [0.5, 0.6) is 0 Å². The van der Waals surface area contributed by atoms with E-state index in [4.69, 9.17) is 11.6 Å². The highest BCUT2D eigenvalue weighted by molar-refractivity contribution is 7.98. The maximum atomic E-state index is 12.7. The molecule has 1 amide bonds. The molecule has 31 heavy (non-hydrogen) atoms. The van der Waals surface area contributed by atoms with Gasteiger partial charge in [0.05, 0.1) is 5.02 Å². The summed E-state index contributed by atoms with van der Waals surface area (Å²) < 4.78 is 0. The van der Waals surface area contributed by atoms with E-state index in [0.29, 0.717) is 17.4 Å². The van der Waals surface area contributed by atoms with Gasteiger partial charge in [-0.1, -0.05) is 41.9 Å². The van der Waals surface area contributed by atoms with Crippen LogP contribution in [0.4, 0.5) is 5.69 Å². The molecular weight excluding hydrogens is 428 g/mol. The van der Waals surface area contributed by atoms with Crippen LogP contribution in [0.25, 0.3) is 0 Å². The van der Waals surface area contributed by atoms with Gasteiger partial charge >= 0.3 is 0 Å². The Morgan fingerprint density at radius 3 is 2.19 bits per heavy atom. The third-order valence-electron chi connectivity index (χ3n) is 6.91. The Balaban J connectivity index is 1.26. The summed E-state index contributed by atoms with van der Waals surface area (Å²) in [6.45, 7) is 3.62. The fourth-order valence-corrected chi connectivity index (χ4v) is 5.89. The maximum absolute atomic E-state index is 12.7. The number of aliphatic hydroxyl groups excluding tert-OH is 1. The third-order valence-corrected chi connectivity index (χ3v) is 8.13. The molecule has 4 rings (SSSR count). The molecule has 2 heterocycles. The van der Waals surface area contributed by atoms with Gasteiger partial charge in [-0.3, -0.25) is 4.79 Å². The number of aliphatic hydroxyl groups is 1. The van der Waals surface area contributed by atoms with E-state index in [0.717, 1.165) is 48.9 Å². The summed E-state index contributed by atoms with van der Waals surface area (Å²) in [6.07, 6.45) is 5.44. The molecule has 6 heteroatoms. The van der Waals surface area contributed by atoms with Crippen LogP contribution in [0.2, 0.25) is 5.02 Å². The van der Waals surface area contributed by atoms with Crippen LogP contribution in [-0.2, 0) is 4.79 Å². The van der Waals surface area contributed by atoms with Crippen molar-refractivity contribution in [3.8, 4) is 0 Å². The van der Waals surface area contributed by atoms with E-state index in [-0.39, 0.29) is 5.91 Å². The van der Waals surface area contributed by atoms with Crippen LogP contribution in [0.3, 0.4) is 0 Å². The van der Waals surface area contributed by atoms with Gasteiger partial charge in [0.25, 0.3) is 5.91 Å². The highest BCUT2D eigenvalue weighted by atomic mass is 35.5. The number of carbonyl (C=O) groups is 1. The van der Waals surface area contributed by atoms with Gasteiger partial charge in [0, 0.05) is 36.8 Å². The summed E-state index contributed by atoms with van der Waals surface area (Å²) in [4.78, 5) is 18.1. The lowest BCUT2D eigenvalue weighted by Crippen LogP contribution is -2.44. The second-order valence-corrected chi connectivity index (χ2v) is 9.87. The largest absolute Gasteiger partial charge is 0.378 e. The molecule has 2 aliphatic rings. The number of hydrogen-bond donors (Lipinski definition) is 1.